The SMILES string of the molecule is CNCC1CCN(C(=O)c2ccc(S(=O)(=O)Nc3ccc(C)cc3)cc2)C1.Cl. The first-order valence-electron chi connectivity index (χ1n) is 9.02. The van der Waals surface area contributed by atoms with Gasteiger partial charge in [0, 0.05) is 24.3 Å². The fourth-order valence-corrected chi connectivity index (χ4v) is 4.33. The smallest absolute Gasteiger partial charge is 0.261 e. The van der Waals surface area contributed by atoms with Crippen LogP contribution >= 0.6 is 12.4 Å². The molecule has 1 fully saturated rings. The molecule has 1 aliphatic rings. The summed E-state index contributed by atoms with van der Waals surface area (Å²) in [4.78, 5) is 14.6. The van der Waals surface area contributed by atoms with Gasteiger partial charge in [-0.05, 0) is 69.3 Å². The number of hydrogen-bond donors (Lipinski definition) is 2. The van der Waals surface area contributed by atoms with Crippen LogP contribution in [0.4, 0.5) is 5.69 Å². The fourth-order valence-electron chi connectivity index (χ4n) is 3.27. The Hall–Kier alpha value is -2.09. The number of amides is 1. The average molecular weight is 424 g/mol. The molecule has 0 radical (unpaired) electrons. The number of carbonyl (C=O) groups is 1. The summed E-state index contributed by atoms with van der Waals surface area (Å²) in [5.41, 5.74) is 2.07. The summed E-state index contributed by atoms with van der Waals surface area (Å²) in [7, 11) is -1.78. The lowest BCUT2D eigenvalue weighted by Crippen LogP contribution is -2.30. The topological polar surface area (TPSA) is 78.5 Å². The van der Waals surface area contributed by atoms with Crippen molar-refractivity contribution in [1.82, 2.24) is 10.2 Å². The molecule has 0 aliphatic carbocycles. The van der Waals surface area contributed by atoms with Crippen LogP contribution in [-0.4, -0.2) is 45.9 Å². The molecule has 1 heterocycles. The van der Waals surface area contributed by atoms with Crippen molar-refractivity contribution in [3.63, 3.8) is 0 Å². The molecule has 1 saturated heterocycles. The fraction of sp³-hybridized carbons (Fsp3) is 0.350. The lowest BCUT2D eigenvalue weighted by Gasteiger charge is -2.17. The van der Waals surface area contributed by atoms with Crippen LogP contribution < -0.4 is 10.0 Å². The molecule has 0 spiro atoms. The van der Waals surface area contributed by atoms with Gasteiger partial charge >= 0.3 is 0 Å². The second kappa shape index (κ2) is 9.41. The molecule has 0 aromatic heterocycles. The van der Waals surface area contributed by atoms with E-state index in [1.54, 1.807) is 24.3 Å². The Labute approximate surface area is 172 Å². The molecule has 152 valence electrons. The van der Waals surface area contributed by atoms with Crippen molar-refractivity contribution in [2.45, 2.75) is 18.2 Å². The van der Waals surface area contributed by atoms with Gasteiger partial charge in [0.1, 0.15) is 0 Å². The molecule has 6 nitrogen and oxygen atoms in total. The highest BCUT2D eigenvalue weighted by Gasteiger charge is 2.26. The second-order valence-electron chi connectivity index (χ2n) is 6.96. The van der Waals surface area contributed by atoms with Crippen LogP contribution in [-0.2, 0) is 10.0 Å². The van der Waals surface area contributed by atoms with Gasteiger partial charge < -0.3 is 10.2 Å². The van der Waals surface area contributed by atoms with Gasteiger partial charge in [-0.3, -0.25) is 9.52 Å². The number of hydrogen-bond acceptors (Lipinski definition) is 4. The number of rotatable bonds is 6. The Kier molecular flexibility index (Phi) is 7.46. The normalized spacial score (nSPS) is 16.5. The average Bonchev–Trinajstić information content (AvgIpc) is 3.12. The van der Waals surface area contributed by atoms with E-state index in [9.17, 15) is 13.2 Å². The van der Waals surface area contributed by atoms with Crippen molar-refractivity contribution in [3.05, 3.63) is 59.7 Å². The summed E-state index contributed by atoms with van der Waals surface area (Å²) in [6.07, 6.45) is 0.986. The van der Waals surface area contributed by atoms with E-state index >= 15 is 0 Å². The Bertz CT molecular complexity index is 899. The number of likely N-dealkylation sites (tertiary alicyclic amines) is 1. The zero-order valence-electron chi connectivity index (χ0n) is 16.0. The Balaban J connectivity index is 0.00000280. The minimum absolute atomic E-state index is 0. The van der Waals surface area contributed by atoms with Gasteiger partial charge in [0.2, 0.25) is 0 Å². The third-order valence-electron chi connectivity index (χ3n) is 4.78. The first kappa shape index (κ1) is 22.2. The van der Waals surface area contributed by atoms with E-state index in [1.165, 1.54) is 12.1 Å². The Morgan fingerprint density at radius 1 is 1.11 bits per heavy atom. The second-order valence-corrected chi connectivity index (χ2v) is 8.64. The molecule has 0 bridgehead atoms. The molecule has 1 atom stereocenters. The van der Waals surface area contributed by atoms with Crippen molar-refractivity contribution >= 4 is 34.0 Å². The number of benzene rings is 2. The zero-order chi connectivity index (χ0) is 19.4. The van der Waals surface area contributed by atoms with Crippen LogP contribution in [0.3, 0.4) is 0 Å². The molecule has 1 amide bonds. The quantitative estimate of drug-likeness (QED) is 0.748. The Morgan fingerprint density at radius 2 is 1.75 bits per heavy atom. The first-order chi connectivity index (χ1) is 12.9. The summed E-state index contributed by atoms with van der Waals surface area (Å²) >= 11 is 0. The molecule has 3 rings (SSSR count). The molecule has 2 aromatic rings. The van der Waals surface area contributed by atoms with E-state index in [4.69, 9.17) is 0 Å². The van der Waals surface area contributed by atoms with E-state index in [1.807, 2.05) is 31.0 Å². The van der Waals surface area contributed by atoms with Gasteiger partial charge in [0.05, 0.1) is 4.90 Å². The molecular formula is C20H26ClN3O3S. The summed E-state index contributed by atoms with van der Waals surface area (Å²) in [6, 6.07) is 13.2. The summed E-state index contributed by atoms with van der Waals surface area (Å²) < 4.78 is 27.6. The van der Waals surface area contributed by atoms with E-state index < -0.39 is 10.0 Å². The maximum atomic E-state index is 12.6. The van der Waals surface area contributed by atoms with Gasteiger partial charge in [0.15, 0.2) is 0 Å². The zero-order valence-corrected chi connectivity index (χ0v) is 17.6. The predicted octanol–water partition coefficient (Wildman–Crippen LogP) is 2.90. The maximum absolute atomic E-state index is 12.6. The van der Waals surface area contributed by atoms with Crippen LogP contribution in [0.1, 0.15) is 22.3 Å². The van der Waals surface area contributed by atoms with E-state index in [0.29, 0.717) is 17.2 Å². The molecule has 2 aromatic carbocycles. The van der Waals surface area contributed by atoms with Crippen molar-refractivity contribution in [1.29, 1.82) is 0 Å². The molecule has 0 saturated carbocycles. The summed E-state index contributed by atoms with van der Waals surface area (Å²) in [5, 5.41) is 3.14. The Morgan fingerprint density at radius 3 is 2.36 bits per heavy atom. The highest BCUT2D eigenvalue weighted by molar-refractivity contribution is 7.92. The summed E-state index contributed by atoms with van der Waals surface area (Å²) in [5.74, 6) is 0.418. The van der Waals surface area contributed by atoms with Gasteiger partial charge in [0.25, 0.3) is 15.9 Å². The van der Waals surface area contributed by atoms with Crippen molar-refractivity contribution in [3.8, 4) is 0 Å². The van der Waals surface area contributed by atoms with Gasteiger partial charge in [-0.1, -0.05) is 17.7 Å². The third kappa shape index (κ3) is 5.25. The molecule has 1 unspecified atom stereocenters. The standard InChI is InChI=1S/C20H25N3O3S.ClH/c1-15-3-7-18(8-4-15)22-27(25,26)19-9-5-17(6-10-19)20(24)23-12-11-16(14-23)13-21-2;/h3-10,16,21-22H,11-14H2,1-2H3;1H. The van der Waals surface area contributed by atoms with E-state index in [2.05, 4.69) is 10.0 Å². The molecule has 1 aliphatic heterocycles. The summed E-state index contributed by atoms with van der Waals surface area (Å²) in [6.45, 7) is 4.30. The molecule has 28 heavy (non-hydrogen) atoms. The highest BCUT2D eigenvalue weighted by Crippen LogP contribution is 2.20. The van der Waals surface area contributed by atoms with Crippen LogP contribution in [0.5, 0.6) is 0 Å². The number of halogens is 1. The number of nitrogens with zero attached hydrogens (tertiary/aromatic N) is 1. The van der Waals surface area contributed by atoms with Gasteiger partial charge in [-0.2, -0.15) is 0 Å². The monoisotopic (exact) mass is 423 g/mol. The maximum Gasteiger partial charge on any atom is 0.261 e. The van der Waals surface area contributed by atoms with Gasteiger partial charge in [-0.25, -0.2) is 8.42 Å². The van der Waals surface area contributed by atoms with Crippen LogP contribution in [0.2, 0.25) is 0 Å². The number of carbonyl (C=O) groups excluding carboxylic acids is 1. The lowest BCUT2D eigenvalue weighted by molar-refractivity contribution is 0.0787. The minimum atomic E-state index is -3.69. The number of sulfonamides is 1. The number of nitrogens with one attached hydrogen (secondary N) is 2. The number of anilines is 1. The molecule has 8 heteroatoms. The molecule has 2 N–H and O–H groups in total. The van der Waals surface area contributed by atoms with Crippen molar-refractivity contribution in [2.24, 2.45) is 5.92 Å². The van der Waals surface area contributed by atoms with Crippen molar-refractivity contribution in [2.75, 3.05) is 31.4 Å². The number of aryl methyl sites for hydroxylation is 1. The van der Waals surface area contributed by atoms with Gasteiger partial charge in [-0.15, -0.1) is 12.4 Å². The third-order valence-corrected chi connectivity index (χ3v) is 6.18. The van der Waals surface area contributed by atoms with Crippen LogP contribution in [0.25, 0.3) is 0 Å². The van der Waals surface area contributed by atoms with Crippen molar-refractivity contribution < 1.29 is 13.2 Å². The van der Waals surface area contributed by atoms with E-state index in [0.717, 1.165) is 31.6 Å². The van der Waals surface area contributed by atoms with Crippen LogP contribution in [0.15, 0.2) is 53.4 Å². The van der Waals surface area contributed by atoms with Crippen LogP contribution in [0, 0.1) is 12.8 Å². The largest absolute Gasteiger partial charge is 0.338 e. The highest BCUT2D eigenvalue weighted by atomic mass is 35.5. The first-order valence-corrected chi connectivity index (χ1v) is 10.5. The predicted molar refractivity (Wildman–Crippen MR) is 114 cm³/mol. The minimum Gasteiger partial charge on any atom is -0.338 e. The molecular weight excluding hydrogens is 398 g/mol. The lowest BCUT2D eigenvalue weighted by atomic mass is 10.1. The van der Waals surface area contributed by atoms with E-state index in [-0.39, 0.29) is 23.2 Å².